The van der Waals surface area contributed by atoms with E-state index in [9.17, 15) is 9.59 Å². The Kier molecular flexibility index (Phi) is 7.57. The summed E-state index contributed by atoms with van der Waals surface area (Å²) < 4.78 is 5.03. The topological polar surface area (TPSA) is 61.9 Å². The number of rotatable bonds is 6. The highest BCUT2D eigenvalue weighted by atomic mass is 16.6. The van der Waals surface area contributed by atoms with E-state index in [2.05, 4.69) is 34.5 Å². The Hall–Kier alpha value is -2.24. The van der Waals surface area contributed by atoms with E-state index in [4.69, 9.17) is 4.74 Å². The van der Waals surface area contributed by atoms with Gasteiger partial charge in [-0.1, -0.05) is 12.1 Å². The van der Waals surface area contributed by atoms with Crippen LogP contribution in [0, 0.1) is 0 Å². The van der Waals surface area contributed by atoms with Crippen molar-refractivity contribution in [3.63, 3.8) is 0 Å². The van der Waals surface area contributed by atoms with E-state index in [1.807, 2.05) is 6.92 Å². The number of hydrogen-bond acceptors (Lipinski definition) is 4. The van der Waals surface area contributed by atoms with Crippen molar-refractivity contribution in [3.8, 4) is 0 Å². The second-order valence-corrected chi connectivity index (χ2v) is 7.74. The zero-order valence-electron chi connectivity index (χ0n) is 17.0. The minimum absolute atomic E-state index is 0.0923. The van der Waals surface area contributed by atoms with Crippen molar-refractivity contribution in [2.75, 3.05) is 37.7 Å². The summed E-state index contributed by atoms with van der Waals surface area (Å²) in [6.07, 6.45) is 6.48. The van der Waals surface area contributed by atoms with Gasteiger partial charge in [-0.3, -0.25) is 4.79 Å². The van der Waals surface area contributed by atoms with Gasteiger partial charge < -0.3 is 19.9 Å². The molecule has 2 aliphatic rings. The average molecular weight is 388 g/mol. The van der Waals surface area contributed by atoms with Crippen LogP contribution in [0.1, 0.15) is 51.0 Å². The van der Waals surface area contributed by atoms with Crippen LogP contribution < -0.4 is 10.2 Å². The molecule has 0 aromatic heterocycles. The lowest BCUT2D eigenvalue weighted by Crippen LogP contribution is -2.46. The summed E-state index contributed by atoms with van der Waals surface area (Å²) >= 11 is 0. The number of aryl methyl sites for hydroxylation is 1. The third kappa shape index (κ3) is 5.88. The summed E-state index contributed by atoms with van der Waals surface area (Å²) in [5, 5.41) is 3.12. The minimum atomic E-state index is -0.250. The first-order chi connectivity index (χ1) is 13.7. The van der Waals surface area contributed by atoms with Gasteiger partial charge in [-0.25, -0.2) is 4.79 Å². The van der Waals surface area contributed by atoms with Crippen molar-refractivity contribution >= 4 is 17.7 Å². The van der Waals surface area contributed by atoms with Crippen LogP contribution in [0.2, 0.25) is 0 Å². The van der Waals surface area contributed by atoms with E-state index >= 15 is 0 Å². The molecule has 3 rings (SSSR count). The van der Waals surface area contributed by atoms with Gasteiger partial charge >= 0.3 is 6.09 Å². The lowest BCUT2D eigenvalue weighted by atomic mass is 10.0. The number of hydrogen-bond donors (Lipinski definition) is 1. The van der Waals surface area contributed by atoms with Gasteiger partial charge in [0.25, 0.3) is 0 Å². The predicted molar refractivity (Wildman–Crippen MR) is 111 cm³/mol. The summed E-state index contributed by atoms with van der Waals surface area (Å²) in [6.45, 7) is 5.79. The summed E-state index contributed by atoms with van der Waals surface area (Å²) in [7, 11) is 0. The number of nitrogens with one attached hydrogen (secondary N) is 1. The molecule has 6 heteroatoms. The molecule has 2 aliphatic heterocycles. The van der Waals surface area contributed by atoms with Crippen molar-refractivity contribution in [1.82, 2.24) is 10.2 Å². The fraction of sp³-hybridized carbons (Fsp3) is 0.636. The van der Waals surface area contributed by atoms with Gasteiger partial charge in [-0.05, 0) is 63.1 Å². The molecule has 1 N–H and O–H groups in total. The van der Waals surface area contributed by atoms with Crippen molar-refractivity contribution in [3.05, 3.63) is 29.8 Å². The second-order valence-electron chi connectivity index (χ2n) is 7.74. The van der Waals surface area contributed by atoms with E-state index in [0.717, 1.165) is 32.4 Å². The molecule has 2 amide bonds. The molecular weight excluding hydrogens is 354 g/mol. The highest BCUT2D eigenvalue weighted by Crippen LogP contribution is 2.20. The molecule has 2 heterocycles. The van der Waals surface area contributed by atoms with Gasteiger partial charge in [0.15, 0.2) is 0 Å². The highest BCUT2D eigenvalue weighted by Gasteiger charge is 2.24. The van der Waals surface area contributed by atoms with E-state index in [-0.39, 0.29) is 18.0 Å². The largest absolute Gasteiger partial charge is 0.450 e. The molecule has 0 spiro atoms. The quantitative estimate of drug-likeness (QED) is 0.813. The third-order valence-electron chi connectivity index (χ3n) is 5.68. The lowest BCUT2D eigenvalue weighted by molar-refractivity contribution is -0.122. The monoisotopic (exact) mass is 387 g/mol. The van der Waals surface area contributed by atoms with Crippen molar-refractivity contribution in [1.29, 1.82) is 0 Å². The number of benzene rings is 1. The first-order valence-corrected chi connectivity index (χ1v) is 10.7. The normalized spacial score (nSPS) is 18.0. The van der Waals surface area contributed by atoms with E-state index in [0.29, 0.717) is 26.1 Å². The Bertz CT molecular complexity index is 633. The van der Waals surface area contributed by atoms with Crippen molar-refractivity contribution < 1.29 is 14.3 Å². The van der Waals surface area contributed by atoms with Gasteiger partial charge in [0, 0.05) is 44.3 Å². The zero-order chi connectivity index (χ0) is 19.8. The summed E-state index contributed by atoms with van der Waals surface area (Å²) in [6, 6.07) is 8.82. The SMILES string of the molecule is CCOC(=O)N1CCC(NC(=O)CCc2ccc(N3CCCCC3)cc2)CC1. The summed E-state index contributed by atoms with van der Waals surface area (Å²) in [5.74, 6) is 0.0923. The van der Waals surface area contributed by atoms with E-state index in [1.54, 1.807) is 4.90 Å². The first kappa shape index (κ1) is 20.5. The maximum atomic E-state index is 12.3. The lowest BCUT2D eigenvalue weighted by Gasteiger charge is -2.31. The number of carbonyl (C=O) groups is 2. The number of likely N-dealkylation sites (tertiary alicyclic amines) is 1. The molecule has 0 radical (unpaired) electrons. The Morgan fingerprint density at radius 1 is 1.04 bits per heavy atom. The first-order valence-electron chi connectivity index (χ1n) is 10.7. The maximum Gasteiger partial charge on any atom is 0.409 e. The highest BCUT2D eigenvalue weighted by molar-refractivity contribution is 5.76. The molecule has 0 unspecified atom stereocenters. The van der Waals surface area contributed by atoms with E-state index < -0.39 is 0 Å². The van der Waals surface area contributed by atoms with Gasteiger partial charge in [0.05, 0.1) is 6.61 Å². The van der Waals surface area contributed by atoms with Crippen LogP contribution in [-0.4, -0.2) is 55.7 Å². The fourth-order valence-electron chi connectivity index (χ4n) is 4.00. The average Bonchev–Trinajstić information content (AvgIpc) is 2.74. The van der Waals surface area contributed by atoms with Crippen LogP contribution in [-0.2, 0) is 16.0 Å². The Morgan fingerprint density at radius 2 is 1.71 bits per heavy atom. The van der Waals surface area contributed by atoms with Crippen LogP contribution in [0.3, 0.4) is 0 Å². The Morgan fingerprint density at radius 3 is 2.36 bits per heavy atom. The Labute approximate surface area is 168 Å². The molecular formula is C22H33N3O3. The molecule has 0 saturated carbocycles. The van der Waals surface area contributed by atoms with Gasteiger partial charge in [-0.2, -0.15) is 0 Å². The zero-order valence-corrected chi connectivity index (χ0v) is 17.0. The van der Waals surface area contributed by atoms with Crippen LogP contribution >= 0.6 is 0 Å². The Balaban J connectivity index is 1.37. The second kappa shape index (κ2) is 10.3. The molecule has 154 valence electrons. The fourth-order valence-corrected chi connectivity index (χ4v) is 4.00. The summed E-state index contributed by atoms with van der Waals surface area (Å²) in [5.41, 5.74) is 2.49. The molecule has 2 saturated heterocycles. The minimum Gasteiger partial charge on any atom is -0.450 e. The van der Waals surface area contributed by atoms with Crippen LogP contribution in [0.25, 0.3) is 0 Å². The molecule has 6 nitrogen and oxygen atoms in total. The molecule has 2 fully saturated rings. The molecule has 28 heavy (non-hydrogen) atoms. The maximum absolute atomic E-state index is 12.3. The van der Waals surface area contributed by atoms with E-state index in [1.165, 1.54) is 30.5 Å². The summed E-state index contributed by atoms with van der Waals surface area (Å²) in [4.78, 5) is 28.2. The molecule has 0 bridgehead atoms. The van der Waals surface area contributed by atoms with Gasteiger partial charge in [-0.15, -0.1) is 0 Å². The smallest absolute Gasteiger partial charge is 0.409 e. The molecule has 0 atom stereocenters. The van der Waals surface area contributed by atoms with Crippen molar-refractivity contribution in [2.45, 2.75) is 57.9 Å². The van der Waals surface area contributed by atoms with Crippen LogP contribution in [0.4, 0.5) is 10.5 Å². The predicted octanol–water partition coefficient (Wildman–Crippen LogP) is 3.35. The van der Waals surface area contributed by atoms with Gasteiger partial charge in [0.1, 0.15) is 0 Å². The number of ether oxygens (including phenoxy) is 1. The number of carbonyl (C=O) groups excluding carboxylic acids is 2. The number of nitrogens with zero attached hydrogens (tertiary/aromatic N) is 2. The number of anilines is 1. The molecule has 1 aromatic carbocycles. The van der Waals surface area contributed by atoms with Crippen molar-refractivity contribution in [2.24, 2.45) is 0 Å². The van der Waals surface area contributed by atoms with Crippen LogP contribution in [0.5, 0.6) is 0 Å². The number of piperidine rings is 2. The van der Waals surface area contributed by atoms with Gasteiger partial charge in [0.2, 0.25) is 5.91 Å². The molecule has 1 aromatic rings. The molecule has 0 aliphatic carbocycles. The van der Waals surface area contributed by atoms with Crippen LogP contribution in [0.15, 0.2) is 24.3 Å². The standard InChI is InChI=1S/C22H33N3O3/c1-2-28-22(27)25-16-12-19(13-17-25)23-21(26)11-8-18-6-9-20(10-7-18)24-14-4-3-5-15-24/h6-7,9-10,19H,2-5,8,11-17H2,1H3,(H,23,26). The number of amides is 2. The third-order valence-corrected chi connectivity index (χ3v) is 5.68.